The largest absolute Gasteiger partial charge is 0.310 e. The third-order valence-corrected chi connectivity index (χ3v) is 2.66. The van der Waals surface area contributed by atoms with Crippen molar-refractivity contribution in [2.45, 2.75) is 38.4 Å². The van der Waals surface area contributed by atoms with Gasteiger partial charge in [-0.15, -0.1) is 0 Å². The zero-order chi connectivity index (χ0) is 9.68. The predicted octanol–water partition coefficient (Wildman–Crippen LogP) is 1.42. The maximum absolute atomic E-state index is 13.2. The molecule has 1 aliphatic heterocycles. The van der Waals surface area contributed by atoms with Crippen LogP contribution in [0, 0.1) is 0 Å². The molecule has 1 rings (SSSR count). The van der Waals surface area contributed by atoms with Gasteiger partial charge in [0.2, 0.25) is 0 Å². The molecule has 0 saturated carbocycles. The van der Waals surface area contributed by atoms with Crippen LogP contribution in [0.4, 0.5) is 4.39 Å². The highest BCUT2D eigenvalue weighted by atomic mass is 19.1. The molecule has 0 aromatic rings. The topological polar surface area (TPSA) is 15.3 Å². The van der Waals surface area contributed by atoms with Gasteiger partial charge in [-0.2, -0.15) is 0 Å². The monoisotopic (exact) mass is 188 g/mol. The van der Waals surface area contributed by atoms with Crippen molar-refractivity contribution in [1.29, 1.82) is 0 Å². The standard InChI is InChI=1S/C10H21FN2/c1-3-4-7-13(2)8-10-9(11)5-6-12-10/h9-10,12H,3-8H2,1-2H3. The number of halogens is 1. The Bertz CT molecular complexity index is 141. The molecule has 1 aliphatic rings. The van der Waals surface area contributed by atoms with Crippen molar-refractivity contribution in [2.24, 2.45) is 0 Å². The van der Waals surface area contributed by atoms with Crippen molar-refractivity contribution in [1.82, 2.24) is 10.2 Å². The summed E-state index contributed by atoms with van der Waals surface area (Å²) < 4.78 is 13.2. The highest BCUT2D eigenvalue weighted by molar-refractivity contribution is 4.85. The Labute approximate surface area is 80.5 Å². The van der Waals surface area contributed by atoms with E-state index in [0.29, 0.717) is 6.42 Å². The van der Waals surface area contributed by atoms with E-state index >= 15 is 0 Å². The molecule has 0 aliphatic carbocycles. The Balaban J connectivity index is 2.15. The van der Waals surface area contributed by atoms with Crippen LogP contribution in [-0.2, 0) is 0 Å². The van der Waals surface area contributed by atoms with Gasteiger partial charge in [-0.25, -0.2) is 4.39 Å². The maximum Gasteiger partial charge on any atom is 0.118 e. The van der Waals surface area contributed by atoms with E-state index in [-0.39, 0.29) is 6.04 Å². The summed E-state index contributed by atoms with van der Waals surface area (Å²) >= 11 is 0. The lowest BCUT2D eigenvalue weighted by molar-refractivity contribution is 0.229. The highest BCUT2D eigenvalue weighted by Gasteiger charge is 2.26. The molecule has 0 aromatic carbocycles. The predicted molar refractivity (Wildman–Crippen MR) is 53.7 cm³/mol. The molecule has 1 N–H and O–H groups in total. The van der Waals surface area contributed by atoms with Crippen molar-refractivity contribution in [3.63, 3.8) is 0 Å². The third kappa shape index (κ3) is 3.61. The van der Waals surface area contributed by atoms with Crippen molar-refractivity contribution in [3.05, 3.63) is 0 Å². The van der Waals surface area contributed by atoms with Gasteiger partial charge in [0.05, 0.1) is 6.04 Å². The SMILES string of the molecule is CCCCN(C)CC1NCCC1F. The van der Waals surface area contributed by atoms with Gasteiger partial charge < -0.3 is 10.2 Å². The normalized spacial score (nSPS) is 28.6. The number of nitrogens with one attached hydrogen (secondary N) is 1. The van der Waals surface area contributed by atoms with E-state index in [2.05, 4.69) is 24.2 Å². The van der Waals surface area contributed by atoms with Crippen LogP contribution in [0.15, 0.2) is 0 Å². The maximum atomic E-state index is 13.2. The van der Waals surface area contributed by atoms with Crippen LogP contribution >= 0.6 is 0 Å². The van der Waals surface area contributed by atoms with Crippen LogP contribution in [0.2, 0.25) is 0 Å². The molecule has 13 heavy (non-hydrogen) atoms. The molecule has 3 heteroatoms. The number of hydrogen-bond donors (Lipinski definition) is 1. The van der Waals surface area contributed by atoms with Crippen LogP contribution in [-0.4, -0.2) is 43.8 Å². The molecule has 2 unspecified atom stereocenters. The second kappa shape index (κ2) is 5.55. The fourth-order valence-corrected chi connectivity index (χ4v) is 1.77. The Morgan fingerprint density at radius 1 is 1.54 bits per heavy atom. The van der Waals surface area contributed by atoms with Crippen molar-refractivity contribution >= 4 is 0 Å². The molecule has 0 aromatic heterocycles. The van der Waals surface area contributed by atoms with Gasteiger partial charge in [0.1, 0.15) is 6.17 Å². The first-order valence-electron chi connectivity index (χ1n) is 5.30. The molecule has 1 fully saturated rings. The first-order chi connectivity index (χ1) is 6.24. The van der Waals surface area contributed by atoms with Crippen LogP contribution < -0.4 is 5.32 Å². The van der Waals surface area contributed by atoms with Crippen LogP contribution in [0.1, 0.15) is 26.2 Å². The second-order valence-corrected chi connectivity index (χ2v) is 3.98. The quantitative estimate of drug-likeness (QED) is 0.702. The van der Waals surface area contributed by atoms with Gasteiger partial charge >= 0.3 is 0 Å². The third-order valence-electron chi connectivity index (χ3n) is 2.66. The van der Waals surface area contributed by atoms with Gasteiger partial charge in [0, 0.05) is 6.54 Å². The number of nitrogens with zero attached hydrogens (tertiary/aromatic N) is 1. The van der Waals surface area contributed by atoms with Gasteiger partial charge in [-0.1, -0.05) is 13.3 Å². The van der Waals surface area contributed by atoms with Crippen LogP contribution in [0.25, 0.3) is 0 Å². The molecule has 0 bridgehead atoms. The number of rotatable bonds is 5. The van der Waals surface area contributed by atoms with Gasteiger partial charge in [0.25, 0.3) is 0 Å². The summed E-state index contributed by atoms with van der Waals surface area (Å²) in [6.45, 7) is 4.95. The highest BCUT2D eigenvalue weighted by Crippen LogP contribution is 2.11. The van der Waals surface area contributed by atoms with E-state index in [9.17, 15) is 4.39 Å². The summed E-state index contributed by atoms with van der Waals surface area (Å²) in [5.74, 6) is 0. The van der Waals surface area contributed by atoms with E-state index < -0.39 is 6.17 Å². The molecule has 0 spiro atoms. The van der Waals surface area contributed by atoms with Gasteiger partial charge in [-0.05, 0) is 33.0 Å². The Hall–Kier alpha value is -0.150. The molecule has 78 valence electrons. The van der Waals surface area contributed by atoms with Crippen molar-refractivity contribution in [3.8, 4) is 0 Å². The summed E-state index contributed by atoms with van der Waals surface area (Å²) in [6.07, 6.45) is 2.47. The fourth-order valence-electron chi connectivity index (χ4n) is 1.77. The second-order valence-electron chi connectivity index (χ2n) is 3.98. The Morgan fingerprint density at radius 2 is 2.31 bits per heavy atom. The molecule has 2 nitrogen and oxygen atoms in total. The van der Waals surface area contributed by atoms with Crippen molar-refractivity contribution in [2.75, 3.05) is 26.7 Å². The van der Waals surface area contributed by atoms with E-state index in [1.54, 1.807) is 0 Å². The Kier molecular flexibility index (Phi) is 4.67. The lowest BCUT2D eigenvalue weighted by Gasteiger charge is -2.21. The van der Waals surface area contributed by atoms with Crippen LogP contribution in [0.5, 0.6) is 0 Å². The smallest absolute Gasteiger partial charge is 0.118 e. The zero-order valence-corrected chi connectivity index (χ0v) is 8.72. The molecule has 1 heterocycles. The number of alkyl halides is 1. The average Bonchev–Trinajstić information content (AvgIpc) is 2.48. The van der Waals surface area contributed by atoms with Crippen molar-refractivity contribution < 1.29 is 4.39 Å². The minimum absolute atomic E-state index is 0.0712. The summed E-state index contributed by atoms with van der Waals surface area (Å²) in [7, 11) is 2.07. The molecular formula is C10H21FN2. The lowest BCUT2D eigenvalue weighted by Crippen LogP contribution is -2.40. The summed E-state index contributed by atoms with van der Waals surface area (Å²) in [5, 5.41) is 3.20. The van der Waals surface area contributed by atoms with Gasteiger partial charge in [-0.3, -0.25) is 0 Å². The fraction of sp³-hybridized carbons (Fsp3) is 1.00. The zero-order valence-electron chi connectivity index (χ0n) is 8.72. The summed E-state index contributed by atoms with van der Waals surface area (Å²) in [6, 6.07) is 0.0712. The molecular weight excluding hydrogens is 167 g/mol. The van der Waals surface area contributed by atoms with Gasteiger partial charge in [0.15, 0.2) is 0 Å². The van der Waals surface area contributed by atoms with E-state index in [0.717, 1.165) is 19.6 Å². The number of unbranched alkanes of at least 4 members (excludes halogenated alkanes) is 1. The van der Waals surface area contributed by atoms with E-state index in [1.807, 2.05) is 0 Å². The first kappa shape index (κ1) is 10.9. The minimum atomic E-state index is -0.635. The molecule has 0 radical (unpaired) electrons. The Morgan fingerprint density at radius 3 is 2.85 bits per heavy atom. The van der Waals surface area contributed by atoms with Crippen LogP contribution in [0.3, 0.4) is 0 Å². The summed E-state index contributed by atoms with van der Waals surface area (Å²) in [5.41, 5.74) is 0. The molecule has 2 atom stereocenters. The first-order valence-corrected chi connectivity index (χ1v) is 5.30. The molecule has 0 amide bonds. The average molecular weight is 188 g/mol. The van der Waals surface area contributed by atoms with E-state index in [4.69, 9.17) is 0 Å². The van der Waals surface area contributed by atoms with E-state index in [1.165, 1.54) is 12.8 Å². The lowest BCUT2D eigenvalue weighted by atomic mass is 10.2. The number of hydrogen-bond acceptors (Lipinski definition) is 2. The molecule has 1 saturated heterocycles. The number of likely N-dealkylation sites (N-methyl/N-ethyl adjacent to an activating group) is 1. The minimum Gasteiger partial charge on any atom is -0.310 e. The summed E-state index contributed by atoms with van der Waals surface area (Å²) in [4.78, 5) is 2.22.